The van der Waals surface area contributed by atoms with E-state index >= 15 is 0 Å². The van der Waals surface area contributed by atoms with Gasteiger partial charge in [0.15, 0.2) is 0 Å². The number of rotatable bonds is 4. The van der Waals surface area contributed by atoms with E-state index in [9.17, 15) is 13.2 Å². The molecule has 0 saturated heterocycles. The van der Waals surface area contributed by atoms with Gasteiger partial charge in [0.05, 0.1) is 17.6 Å². The van der Waals surface area contributed by atoms with Crippen LogP contribution >= 0.6 is 15.9 Å². The number of esters is 1. The highest BCUT2D eigenvalue weighted by molar-refractivity contribution is 9.10. The molecule has 0 radical (unpaired) electrons. The maximum atomic E-state index is 12.3. The molecule has 0 aromatic heterocycles. The van der Waals surface area contributed by atoms with Gasteiger partial charge in [0.1, 0.15) is 0 Å². The van der Waals surface area contributed by atoms with Crippen molar-refractivity contribution in [2.75, 3.05) is 11.8 Å². The van der Waals surface area contributed by atoms with Gasteiger partial charge in [0.2, 0.25) is 0 Å². The molecule has 0 aliphatic carbocycles. The third kappa shape index (κ3) is 3.66. The molecule has 0 atom stereocenters. The quantitative estimate of drug-likeness (QED) is 0.821. The number of hydrogen-bond acceptors (Lipinski definition) is 4. The lowest BCUT2D eigenvalue weighted by atomic mass is 10.2. The first-order valence-corrected chi connectivity index (χ1v) is 8.58. The molecule has 0 heterocycles. The predicted molar refractivity (Wildman–Crippen MR) is 87.5 cm³/mol. The van der Waals surface area contributed by atoms with Crippen molar-refractivity contribution in [3.8, 4) is 0 Å². The molecule has 7 heteroatoms. The van der Waals surface area contributed by atoms with E-state index in [0.29, 0.717) is 11.3 Å². The fourth-order valence-corrected chi connectivity index (χ4v) is 3.11. The maximum absolute atomic E-state index is 12.3. The number of methoxy groups -OCH3 is 1. The second kappa shape index (κ2) is 6.50. The van der Waals surface area contributed by atoms with Crippen molar-refractivity contribution in [1.29, 1.82) is 0 Å². The van der Waals surface area contributed by atoms with Crippen molar-refractivity contribution in [1.82, 2.24) is 0 Å². The summed E-state index contributed by atoms with van der Waals surface area (Å²) in [6, 6.07) is 10.7. The molecule has 0 bridgehead atoms. The largest absolute Gasteiger partial charge is 0.465 e. The maximum Gasteiger partial charge on any atom is 0.337 e. The zero-order chi connectivity index (χ0) is 16.3. The minimum atomic E-state index is -3.71. The van der Waals surface area contributed by atoms with Crippen LogP contribution in [-0.4, -0.2) is 21.5 Å². The van der Waals surface area contributed by atoms with E-state index in [1.165, 1.54) is 31.4 Å². The van der Waals surface area contributed by atoms with Crippen molar-refractivity contribution in [2.24, 2.45) is 0 Å². The molecule has 116 valence electrons. The predicted octanol–water partition coefficient (Wildman–Crippen LogP) is 3.34. The summed E-state index contributed by atoms with van der Waals surface area (Å²) >= 11 is 3.36. The van der Waals surface area contributed by atoms with Crippen molar-refractivity contribution < 1.29 is 17.9 Å². The minimum absolute atomic E-state index is 0.0701. The lowest BCUT2D eigenvalue weighted by Crippen LogP contribution is -2.13. The van der Waals surface area contributed by atoms with E-state index in [0.717, 1.165) is 10.0 Å². The number of carbonyl (C=O) groups is 1. The molecule has 0 aliphatic rings. The summed E-state index contributed by atoms with van der Waals surface area (Å²) in [6.07, 6.45) is 0. The number of sulfonamides is 1. The Labute approximate surface area is 137 Å². The van der Waals surface area contributed by atoms with E-state index in [-0.39, 0.29) is 4.90 Å². The summed E-state index contributed by atoms with van der Waals surface area (Å²) in [6.45, 7) is 1.87. The number of aryl methyl sites for hydroxylation is 1. The van der Waals surface area contributed by atoms with Crippen molar-refractivity contribution in [3.05, 3.63) is 58.1 Å². The van der Waals surface area contributed by atoms with Crippen LogP contribution < -0.4 is 4.72 Å². The molecule has 0 spiro atoms. The van der Waals surface area contributed by atoms with Gasteiger partial charge in [0, 0.05) is 10.2 Å². The Hall–Kier alpha value is -1.86. The van der Waals surface area contributed by atoms with Crippen LogP contribution in [0.25, 0.3) is 0 Å². The lowest BCUT2D eigenvalue weighted by Gasteiger charge is -2.10. The average Bonchev–Trinajstić information content (AvgIpc) is 2.50. The number of hydrogen-bond donors (Lipinski definition) is 1. The highest BCUT2D eigenvalue weighted by atomic mass is 79.9. The first-order chi connectivity index (χ1) is 10.3. The van der Waals surface area contributed by atoms with Crippen molar-refractivity contribution in [2.45, 2.75) is 11.8 Å². The second-order valence-electron chi connectivity index (χ2n) is 4.59. The number of ether oxygens (including phenoxy) is 1. The van der Waals surface area contributed by atoms with Crippen LogP contribution in [0.5, 0.6) is 0 Å². The zero-order valence-corrected chi connectivity index (χ0v) is 14.4. The van der Waals surface area contributed by atoms with Gasteiger partial charge in [-0.25, -0.2) is 13.2 Å². The number of halogens is 1. The van der Waals surface area contributed by atoms with Crippen LogP contribution in [0.2, 0.25) is 0 Å². The Kier molecular flexibility index (Phi) is 4.87. The highest BCUT2D eigenvalue weighted by Gasteiger charge is 2.15. The average molecular weight is 384 g/mol. The molecule has 22 heavy (non-hydrogen) atoms. The first kappa shape index (κ1) is 16.5. The van der Waals surface area contributed by atoms with Gasteiger partial charge in [-0.15, -0.1) is 0 Å². The SMILES string of the molecule is COC(=O)c1ccc(S(=O)(=O)Nc2ccc(Br)c(C)c2)cc1. The molecule has 2 rings (SSSR count). The molecule has 0 unspecified atom stereocenters. The summed E-state index contributed by atoms with van der Waals surface area (Å²) in [5.41, 5.74) is 1.68. The van der Waals surface area contributed by atoms with Gasteiger partial charge >= 0.3 is 5.97 Å². The van der Waals surface area contributed by atoms with Crippen molar-refractivity contribution in [3.63, 3.8) is 0 Å². The monoisotopic (exact) mass is 383 g/mol. The first-order valence-electron chi connectivity index (χ1n) is 6.31. The lowest BCUT2D eigenvalue weighted by molar-refractivity contribution is 0.0600. The number of carbonyl (C=O) groups excluding carboxylic acids is 1. The number of benzene rings is 2. The van der Waals surface area contributed by atoms with Crippen LogP contribution in [-0.2, 0) is 14.8 Å². The Morgan fingerprint density at radius 3 is 2.32 bits per heavy atom. The molecule has 0 amide bonds. The standard InChI is InChI=1S/C15H14BrNO4S/c1-10-9-12(5-8-14(10)16)17-22(19,20)13-6-3-11(4-7-13)15(18)21-2/h3-9,17H,1-2H3. The van der Waals surface area contributed by atoms with E-state index in [1.54, 1.807) is 18.2 Å². The molecular formula is C15H14BrNO4S. The summed E-state index contributed by atoms with van der Waals surface area (Å²) in [5, 5.41) is 0. The van der Waals surface area contributed by atoms with E-state index < -0.39 is 16.0 Å². The third-order valence-electron chi connectivity index (χ3n) is 3.00. The molecule has 2 aromatic carbocycles. The highest BCUT2D eigenvalue weighted by Crippen LogP contribution is 2.22. The number of nitrogens with one attached hydrogen (secondary N) is 1. The van der Waals surface area contributed by atoms with Gasteiger partial charge in [-0.2, -0.15) is 0 Å². The van der Waals surface area contributed by atoms with Gasteiger partial charge in [-0.05, 0) is 55.0 Å². The van der Waals surface area contributed by atoms with Crippen LogP contribution in [0.3, 0.4) is 0 Å². The molecule has 0 fully saturated rings. The fraction of sp³-hybridized carbons (Fsp3) is 0.133. The Bertz CT molecular complexity index is 801. The van der Waals surface area contributed by atoms with Crippen LogP contribution in [0.1, 0.15) is 15.9 Å². The zero-order valence-electron chi connectivity index (χ0n) is 12.0. The molecule has 2 aromatic rings. The summed E-state index contributed by atoms with van der Waals surface area (Å²) < 4.78 is 32.6. The Morgan fingerprint density at radius 1 is 1.14 bits per heavy atom. The van der Waals surface area contributed by atoms with Gasteiger partial charge < -0.3 is 4.74 Å². The second-order valence-corrected chi connectivity index (χ2v) is 7.12. The summed E-state index contributed by atoms with van der Waals surface area (Å²) in [5.74, 6) is -0.513. The van der Waals surface area contributed by atoms with Crippen LogP contribution in [0, 0.1) is 6.92 Å². The Balaban J connectivity index is 2.26. The van der Waals surface area contributed by atoms with Crippen molar-refractivity contribution >= 4 is 37.6 Å². The molecule has 0 saturated carbocycles. The third-order valence-corrected chi connectivity index (χ3v) is 5.28. The van der Waals surface area contributed by atoms with E-state index in [2.05, 4.69) is 25.4 Å². The molecular weight excluding hydrogens is 370 g/mol. The Morgan fingerprint density at radius 2 is 1.77 bits per heavy atom. The molecule has 5 nitrogen and oxygen atoms in total. The van der Waals surface area contributed by atoms with Gasteiger partial charge in [-0.1, -0.05) is 15.9 Å². The van der Waals surface area contributed by atoms with Crippen LogP contribution in [0.15, 0.2) is 51.8 Å². The summed E-state index contributed by atoms with van der Waals surface area (Å²) in [7, 11) is -2.44. The van der Waals surface area contributed by atoms with Gasteiger partial charge in [0.25, 0.3) is 10.0 Å². The summed E-state index contributed by atoms with van der Waals surface area (Å²) in [4.78, 5) is 11.4. The van der Waals surface area contributed by atoms with E-state index in [4.69, 9.17) is 0 Å². The fourth-order valence-electron chi connectivity index (χ4n) is 1.81. The van der Waals surface area contributed by atoms with E-state index in [1.807, 2.05) is 6.92 Å². The topological polar surface area (TPSA) is 72.5 Å². The number of anilines is 1. The van der Waals surface area contributed by atoms with Gasteiger partial charge in [-0.3, -0.25) is 4.72 Å². The smallest absolute Gasteiger partial charge is 0.337 e. The molecule has 1 N–H and O–H groups in total. The normalized spacial score (nSPS) is 11.0. The van der Waals surface area contributed by atoms with Crippen LogP contribution in [0.4, 0.5) is 5.69 Å². The molecule has 0 aliphatic heterocycles. The minimum Gasteiger partial charge on any atom is -0.465 e.